The van der Waals surface area contributed by atoms with Gasteiger partial charge in [0.05, 0.1) is 11.6 Å². The summed E-state index contributed by atoms with van der Waals surface area (Å²) in [5.41, 5.74) is 5.09. The molecule has 0 spiro atoms. The Kier molecular flexibility index (Phi) is 10.9. The standard InChI is InChI=1S/C37H45N7O9S2/c1-19-8-9-24(21(3)20(19)2)32(48)41-10-12-42(13-11-41)34(51)39-44-15-14-43(35(44)52)37(33(49)50)17-26-30(47)25(31(26)55-37)16-28(46)29(27-18-54-23(5)38-27)40-53-36(6,7)22(4)45/h8-9,18,25-26,31H,10-17H2,1-7H3,(H,39,51)(H,49,50)/b40-29-/t25-,26?,31-,37-/m1/s1. The number of ketones is 3. The van der Waals surface area contributed by atoms with E-state index in [9.17, 15) is 38.7 Å². The molecule has 4 fully saturated rings. The summed E-state index contributed by atoms with van der Waals surface area (Å²) in [6.07, 6.45) is -0.436. The maximum absolute atomic E-state index is 13.7. The van der Waals surface area contributed by atoms with Gasteiger partial charge in [-0.1, -0.05) is 11.2 Å². The molecule has 1 aromatic heterocycles. The molecule has 4 heterocycles. The number of nitrogens with one attached hydrogen (secondary N) is 1. The highest BCUT2D eigenvalue weighted by molar-refractivity contribution is 8.02. The van der Waals surface area contributed by atoms with Crippen LogP contribution in [-0.4, -0.2) is 132 Å². The first kappa shape index (κ1) is 39.8. The van der Waals surface area contributed by atoms with Gasteiger partial charge in [0.15, 0.2) is 27.8 Å². The van der Waals surface area contributed by atoms with E-state index in [2.05, 4.69) is 15.6 Å². The van der Waals surface area contributed by atoms with Gasteiger partial charge in [-0.2, -0.15) is 0 Å². The first-order valence-corrected chi connectivity index (χ1v) is 19.8. The lowest BCUT2D eigenvalue weighted by Crippen LogP contribution is -2.58. The summed E-state index contributed by atoms with van der Waals surface area (Å²) in [5, 5.41) is 17.4. The van der Waals surface area contributed by atoms with Crippen LogP contribution >= 0.6 is 23.1 Å². The first-order valence-electron chi connectivity index (χ1n) is 18.0. The quantitative estimate of drug-likeness (QED) is 0.250. The van der Waals surface area contributed by atoms with Gasteiger partial charge in [0, 0.05) is 73.6 Å². The lowest BCUT2D eigenvalue weighted by molar-refractivity contribution is -0.145. The maximum atomic E-state index is 13.7. The predicted molar refractivity (Wildman–Crippen MR) is 203 cm³/mol. The zero-order valence-corrected chi connectivity index (χ0v) is 33.5. The summed E-state index contributed by atoms with van der Waals surface area (Å²) >= 11 is 2.26. The number of rotatable bonds is 11. The molecule has 1 unspecified atom stereocenters. The summed E-state index contributed by atoms with van der Waals surface area (Å²) < 4.78 is 0. The number of hydrogen-bond donors (Lipinski definition) is 2. The summed E-state index contributed by atoms with van der Waals surface area (Å²) in [6, 6.07) is 2.47. The third-order valence-corrected chi connectivity index (χ3v) is 13.9. The van der Waals surface area contributed by atoms with Gasteiger partial charge < -0.3 is 19.7 Å². The summed E-state index contributed by atoms with van der Waals surface area (Å²) in [5.74, 6) is -4.09. The zero-order chi connectivity index (χ0) is 40.1. The fourth-order valence-electron chi connectivity index (χ4n) is 7.22. The third-order valence-electron chi connectivity index (χ3n) is 11.2. The van der Waals surface area contributed by atoms with Gasteiger partial charge in [0.1, 0.15) is 11.5 Å². The van der Waals surface area contributed by atoms with E-state index in [1.54, 1.807) is 17.2 Å². The van der Waals surface area contributed by atoms with Crippen molar-refractivity contribution in [2.24, 2.45) is 17.0 Å². The smallest absolute Gasteiger partial charge is 0.340 e. The summed E-state index contributed by atoms with van der Waals surface area (Å²) in [6.45, 7) is 13.1. The van der Waals surface area contributed by atoms with Crippen molar-refractivity contribution in [3.8, 4) is 0 Å². The second kappa shape index (κ2) is 15.0. The van der Waals surface area contributed by atoms with E-state index in [0.29, 0.717) is 23.7 Å². The molecule has 3 saturated heterocycles. The van der Waals surface area contributed by atoms with Crippen molar-refractivity contribution in [1.82, 2.24) is 30.1 Å². The molecule has 1 aliphatic carbocycles. The van der Waals surface area contributed by atoms with Gasteiger partial charge in [-0.15, -0.1) is 23.1 Å². The highest BCUT2D eigenvalue weighted by atomic mass is 32.2. The molecule has 18 heteroatoms. The Balaban J connectivity index is 1.08. The van der Waals surface area contributed by atoms with Crippen LogP contribution in [0.5, 0.6) is 0 Å². The van der Waals surface area contributed by atoms with Gasteiger partial charge in [-0.3, -0.25) is 24.1 Å². The van der Waals surface area contributed by atoms with Crippen LogP contribution in [0.4, 0.5) is 9.59 Å². The van der Waals surface area contributed by atoms with Crippen molar-refractivity contribution >= 4 is 70.1 Å². The molecule has 1 saturated carbocycles. The number of hydrogen-bond acceptors (Lipinski definition) is 12. The monoisotopic (exact) mass is 795 g/mol. The number of benzene rings is 1. The number of carbonyl (C=O) groups is 7. The Hall–Kier alpha value is -4.84. The number of aliphatic carboxylic acids is 1. The Morgan fingerprint density at radius 3 is 2.29 bits per heavy atom. The minimum Gasteiger partial charge on any atom is -0.479 e. The number of carboxylic acids is 1. The number of Topliss-reactive ketones (excluding diaryl/α,β-unsaturated/α-hetero) is 3. The van der Waals surface area contributed by atoms with E-state index >= 15 is 0 Å². The third kappa shape index (κ3) is 7.33. The molecule has 6 rings (SSSR count). The molecule has 294 valence electrons. The number of thioether (sulfide) groups is 1. The summed E-state index contributed by atoms with van der Waals surface area (Å²) in [4.78, 5) is 105. The number of amides is 5. The van der Waals surface area contributed by atoms with Crippen molar-refractivity contribution in [2.75, 3.05) is 39.3 Å². The number of oxime groups is 1. The fraction of sp³-hybridized carbons (Fsp3) is 0.541. The number of urea groups is 2. The van der Waals surface area contributed by atoms with E-state index in [1.165, 1.54) is 41.9 Å². The normalized spacial score (nSPS) is 24.1. The number of carboxylic acid groups (broad SMARTS) is 1. The van der Waals surface area contributed by atoms with E-state index in [-0.39, 0.29) is 67.9 Å². The Morgan fingerprint density at radius 2 is 1.67 bits per heavy atom. The van der Waals surface area contributed by atoms with Crippen LogP contribution in [0.2, 0.25) is 0 Å². The van der Waals surface area contributed by atoms with Crippen LogP contribution in [0.1, 0.15) is 71.4 Å². The van der Waals surface area contributed by atoms with Crippen molar-refractivity contribution in [2.45, 2.75) is 77.0 Å². The second-order valence-electron chi connectivity index (χ2n) is 14.9. The lowest BCUT2D eigenvalue weighted by Gasteiger charge is -2.37. The fourth-order valence-corrected chi connectivity index (χ4v) is 9.73. The highest BCUT2D eigenvalue weighted by Gasteiger charge is 2.67. The Bertz CT molecular complexity index is 2010. The molecule has 4 aliphatic rings. The molecule has 4 atom stereocenters. The first-order chi connectivity index (χ1) is 25.9. The number of thiazole rings is 1. The molecule has 3 aliphatic heterocycles. The number of aryl methyl sites for hydroxylation is 2. The average molecular weight is 796 g/mol. The number of piperazine rings is 1. The molecule has 5 amide bonds. The van der Waals surface area contributed by atoms with E-state index in [0.717, 1.165) is 33.5 Å². The van der Waals surface area contributed by atoms with Crippen LogP contribution in [-0.2, 0) is 24.0 Å². The summed E-state index contributed by atoms with van der Waals surface area (Å²) in [7, 11) is 0. The van der Waals surface area contributed by atoms with Crippen molar-refractivity contribution in [3.05, 3.63) is 50.5 Å². The van der Waals surface area contributed by atoms with E-state index < -0.39 is 51.4 Å². The molecule has 16 nitrogen and oxygen atoms in total. The molecule has 0 radical (unpaired) electrons. The van der Waals surface area contributed by atoms with Gasteiger partial charge in [0.2, 0.25) is 0 Å². The predicted octanol–water partition coefficient (Wildman–Crippen LogP) is 3.35. The molecule has 55 heavy (non-hydrogen) atoms. The SMILES string of the molecule is CC(=O)C(C)(C)O/N=C(\C(=O)C[C@@H]1C(=O)C2C[C@@](C(=O)O)(N3CCN(NC(=O)N4CCN(C(=O)c5ccc(C)c(C)c5C)CC4)C3=O)S[C@@H]21)c1csc(C)n1. The number of fused-ring (bicyclic) bond motifs is 1. The van der Waals surface area contributed by atoms with Crippen molar-refractivity contribution < 1.29 is 43.5 Å². The molecular formula is C37H45N7O9S2. The van der Waals surface area contributed by atoms with Crippen molar-refractivity contribution in [3.63, 3.8) is 0 Å². The van der Waals surface area contributed by atoms with Crippen LogP contribution in [0.3, 0.4) is 0 Å². The Morgan fingerprint density at radius 1 is 1.00 bits per heavy atom. The largest absolute Gasteiger partial charge is 0.479 e. The zero-order valence-electron chi connectivity index (χ0n) is 31.8. The molecular weight excluding hydrogens is 751 g/mol. The minimum atomic E-state index is -1.80. The van der Waals surface area contributed by atoms with E-state index in [1.807, 2.05) is 32.9 Å². The van der Waals surface area contributed by atoms with Crippen LogP contribution in [0.25, 0.3) is 0 Å². The molecule has 1 aromatic carbocycles. The number of hydrazine groups is 1. The molecule has 0 bridgehead atoms. The van der Waals surface area contributed by atoms with Gasteiger partial charge in [0.25, 0.3) is 5.91 Å². The highest BCUT2D eigenvalue weighted by Crippen LogP contribution is 2.59. The van der Waals surface area contributed by atoms with Crippen LogP contribution in [0.15, 0.2) is 22.7 Å². The van der Waals surface area contributed by atoms with Gasteiger partial charge in [-0.05, 0) is 71.2 Å². The van der Waals surface area contributed by atoms with E-state index in [4.69, 9.17) is 4.84 Å². The molecule has 2 N–H and O–H groups in total. The lowest BCUT2D eigenvalue weighted by atomic mass is 9.68. The van der Waals surface area contributed by atoms with Crippen molar-refractivity contribution in [1.29, 1.82) is 0 Å². The second-order valence-corrected chi connectivity index (χ2v) is 17.4. The topological polar surface area (TPSA) is 199 Å². The molecule has 2 aromatic rings. The van der Waals surface area contributed by atoms with Gasteiger partial charge in [-0.25, -0.2) is 29.8 Å². The van der Waals surface area contributed by atoms with Crippen LogP contribution < -0.4 is 5.43 Å². The maximum Gasteiger partial charge on any atom is 0.340 e. The number of aromatic nitrogens is 1. The Labute approximate surface area is 326 Å². The number of nitrogens with zero attached hydrogens (tertiary/aromatic N) is 6. The number of carbonyl (C=O) groups excluding carboxylic acids is 6. The minimum absolute atomic E-state index is 0.0132. The average Bonchev–Trinajstić information content (AvgIpc) is 3.85. The van der Waals surface area contributed by atoms with Gasteiger partial charge >= 0.3 is 18.0 Å². The van der Waals surface area contributed by atoms with Crippen LogP contribution in [0, 0.1) is 39.5 Å².